The number of carbonyl (C=O) groups is 2. The summed E-state index contributed by atoms with van der Waals surface area (Å²) in [4.78, 5) is 34.6. The van der Waals surface area contributed by atoms with Crippen LogP contribution in [0.3, 0.4) is 0 Å². The Kier molecular flexibility index (Phi) is 4.90. The average Bonchev–Trinajstić information content (AvgIpc) is 3.41. The fraction of sp³-hybridized carbons (Fsp3) is 0.667. The van der Waals surface area contributed by atoms with Crippen molar-refractivity contribution in [1.82, 2.24) is 14.8 Å². The molecule has 0 unspecified atom stereocenters. The molecule has 0 bridgehead atoms. The van der Waals surface area contributed by atoms with E-state index in [0.29, 0.717) is 18.2 Å². The molecular weight excluding hydrogens is 394 g/mol. The fourth-order valence-electron chi connectivity index (χ4n) is 4.13. The number of pyridine rings is 1. The van der Waals surface area contributed by atoms with Gasteiger partial charge in [-0.25, -0.2) is 13.8 Å². The van der Waals surface area contributed by atoms with Crippen molar-refractivity contribution in [1.29, 1.82) is 0 Å². The Hall–Kier alpha value is -2.45. The van der Waals surface area contributed by atoms with Crippen molar-refractivity contribution in [2.75, 3.05) is 38.2 Å². The van der Waals surface area contributed by atoms with E-state index >= 15 is 0 Å². The number of ether oxygens (including phenoxy) is 1. The number of hydrogen-bond donors (Lipinski definition) is 0. The van der Waals surface area contributed by atoms with Gasteiger partial charge in [0.1, 0.15) is 24.1 Å². The molecule has 0 spiro atoms. The van der Waals surface area contributed by atoms with Crippen molar-refractivity contribution >= 4 is 17.5 Å². The zero-order chi connectivity index (χ0) is 21.8. The zero-order valence-corrected chi connectivity index (χ0v) is 17.8. The third-order valence-corrected chi connectivity index (χ3v) is 5.79. The Morgan fingerprint density at radius 1 is 1.27 bits per heavy atom. The maximum atomic E-state index is 13.4. The third-order valence-electron chi connectivity index (χ3n) is 5.79. The van der Waals surface area contributed by atoms with Gasteiger partial charge in [-0.1, -0.05) is 20.8 Å². The van der Waals surface area contributed by atoms with E-state index in [1.165, 1.54) is 15.9 Å². The number of alkyl halides is 2. The second-order valence-corrected chi connectivity index (χ2v) is 9.66. The van der Waals surface area contributed by atoms with Crippen LogP contribution in [-0.2, 0) is 4.79 Å². The minimum atomic E-state index is -2.72. The van der Waals surface area contributed by atoms with Crippen molar-refractivity contribution in [2.24, 2.45) is 11.3 Å². The summed E-state index contributed by atoms with van der Waals surface area (Å²) in [6.45, 7) is 5.57. The molecule has 4 rings (SSSR count). The number of aromatic nitrogens is 1. The predicted octanol–water partition coefficient (Wildman–Crippen LogP) is 2.61. The topological polar surface area (TPSA) is 66.0 Å². The Bertz CT molecular complexity index is 858. The number of likely N-dealkylation sites (N-methyl/N-ethyl adjacent to an activating group) is 1. The summed E-state index contributed by atoms with van der Waals surface area (Å²) in [5, 5.41) is 0. The van der Waals surface area contributed by atoms with E-state index < -0.39 is 12.1 Å². The lowest BCUT2D eigenvalue weighted by Gasteiger charge is -2.40. The maximum Gasteiger partial charge on any atom is 0.282 e. The highest BCUT2D eigenvalue weighted by Gasteiger charge is 2.47. The van der Waals surface area contributed by atoms with Gasteiger partial charge in [-0.3, -0.25) is 9.59 Å². The number of anilines is 1. The molecule has 1 saturated carbocycles. The van der Waals surface area contributed by atoms with E-state index in [4.69, 9.17) is 4.74 Å². The molecule has 3 fully saturated rings. The summed E-state index contributed by atoms with van der Waals surface area (Å²) >= 11 is 0. The first-order valence-corrected chi connectivity index (χ1v) is 10.3. The number of halogens is 2. The number of amides is 2. The van der Waals surface area contributed by atoms with Gasteiger partial charge in [0.05, 0.1) is 19.7 Å². The zero-order valence-electron chi connectivity index (χ0n) is 17.8. The lowest BCUT2D eigenvalue weighted by atomic mass is 9.91. The van der Waals surface area contributed by atoms with E-state index in [1.54, 1.807) is 18.0 Å². The standard InChI is InChI=1S/C21H28F2N4O3/c1-20(2,3)19-25(4)16(28)9-27(19)18(29)14-7-8-15(26-11-21(22,23)12-26)17(24-14)30-10-13-5-6-13/h7-8,13,19H,5-6,9-12H2,1-4H3/t19-/m1/s1. The first-order chi connectivity index (χ1) is 14.0. The molecule has 2 amide bonds. The highest BCUT2D eigenvalue weighted by molar-refractivity contribution is 5.97. The Morgan fingerprint density at radius 3 is 2.50 bits per heavy atom. The molecule has 1 atom stereocenters. The van der Waals surface area contributed by atoms with Crippen molar-refractivity contribution in [3.8, 4) is 5.88 Å². The van der Waals surface area contributed by atoms with Crippen LogP contribution in [0.2, 0.25) is 0 Å². The van der Waals surface area contributed by atoms with E-state index in [-0.39, 0.29) is 48.4 Å². The molecule has 0 radical (unpaired) electrons. The molecule has 2 saturated heterocycles. The fourth-order valence-corrected chi connectivity index (χ4v) is 4.13. The molecule has 0 aromatic carbocycles. The summed E-state index contributed by atoms with van der Waals surface area (Å²) in [5.74, 6) is -2.57. The number of carbonyl (C=O) groups excluding carboxylic acids is 2. The summed E-state index contributed by atoms with van der Waals surface area (Å²) in [6, 6.07) is 3.14. The minimum Gasteiger partial charge on any atom is -0.476 e. The molecule has 30 heavy (non-hydrogen) atoms. The largest absolute Gasteiger partial charge is 0.476 e. The monoisotopic (exact) mass is 422 g/mol. The lowest BCUT2D eigenvalue weighted by molar-refractivity contribution is -0.127. The van der Waals surface area contributed by atoms with Gasteiger partial charge in [0.2, 0.25) is 11.8 Å². The Morgan fingerprint density at radius 2 is 1.93 bits per heavy atom. The van der Waals surface area contributed by atoms with Gasteiger partial charge in [0.15, 0.2) is 0 Å². The van der Waals surface area contributed by atoms with Gasteiger partial charge in [-0.2, -0.15) is 0 Å². The lowest BCUT2D eigenvalue weighted by Crippen LogP contribution is -2.56. The molecule has 9 heteroatoms. The summed E-state index contributed by atoms with van der Waals surface area (Å²) in [6.07, 6.45) is 1.75. The van der Waals surface area contributed by atoms with Gasteiger partial charge in [-0.05, 0) is 30.9 Å². The van der Waals surface area contributed by atoms with E-state index in [1.807, 2.05) is 20.8 Å². The summed E-state index contributed by atoms with van der Waals surface area (Å²) < 4.78 is 32.6. The predicted molar refractivity (Wildman–Crippen MR) is 107 cm³/mol. The van der Waals surface area contributed by atoms with Crippen LogP contribution in [0.1, 0.15) is 44.1 Å². The van der Waals surface area contributed by atoms with Gasteiger partial charge >= 0.3 is 0 Å². The highest BCUT2D eigenvalue weighted by atomic mass is 19.3. The van der Waals surface area contributed by atoms with Crippen LogP contribution < -0.4 is 9.64 Å². The van der Waals surface area contributed by atoms with Crippen LogP contribution in [0.15, 0.2) is 12.1 Å². The molecule has 1 aromatic heterocycles. The molecule has 164 valence electrons. The second kappa shape index (κ2) is 7.06. The van der Waals surface area contributed by atoms with Crippen LogP contribution in [0, 0.1) is 11.3 Å². The molecule has 1 aliphatic carbocycles. The smallest absolute Gasteiger partial charge is 0.282 e. The van der Waals surface area contributed by atoms with Crippen LogP contribution in [0.25, 0.3) is 0 Å². The molecule has 7 nitrogen and oxygen atoms in total. The Labute approximate surface area is 175 Å². The number of nitrogens with zero attached hydrogens (tertiary/aromatic N) is 4. The van der Waals surface area contributed by atoms with E-state index in [9.17, 15) is 18.4 Å². The highest BCUT2D eigenvalue weighted by Crippen LogP contribution is 2.38. The van der Waals surface area contributed by atoms with Crippen LogP contribution in [0.4, 0.5) is 14.5 Å². The maximum absolute atomic E-state index is 13.4. The molecule has 3 heterocycles. The molecule has 3 aliphatic rings. The van der Waals surface area contributed by atoms with Gasteiger partial charge < -0.3 is 19.4 Å². The third kappa shape index (κ3) is 3.94. The molecule has 0 N–H and O–H groups in total. The number of rotatable bonds is 5. The van der Waals surface area contributed by atoms with Crippen molar-refractivity contribution in [2.45, 2.75) is 45.7 Å². The Balaban J connectivity index is 1.60. The second-order valence-electron chi connectivity index (χ2n) is 9.66. The van der Waals surface area contributed by atoms with Gasteiger partial charge in [0.25, 0.3) is 11.8 Å². The SMILES string of the molecule is CN1C(=O)CN(C(=O)c2ccc(N3CC(F)(F)C3)c(OCC3CC3)n2)[C@@H]1C(C)(C)C. The normalized spacial score (nSPS) is 23.6. The van der Waals surface area contributed by atoms with E-state index in [0.717, 1.165) is 12.8 Å². The van der Waals surface area contributed by atoms with Gasteiger partial charge in [0, 0.05) is 12.5 Å². The molecular formula is C21H28F2N4O3. The average molecular weight is 422 g/mol. The number of hydrogen-bond acceptors (Lipinski definition) is 5. The quantitative estimate of drug-likeness (QED) is 0.730. The molecule has 1 aromatic rings. The van der Waals surface area contributed by atoms with Crippen LogP contribution in [0.5, 0.6) is 5.88 Å². The van der Waals surface area contributed by atoms with Gasteiger partial charge in [-0.15, -0.1) is 0 Å². The van der Waals surface area contributed by atoms with E-state index in [2.05, 4.69) is 4.98 Å². The summed E-state index contributed by atoms with van der Waals surface area (Å²) in [5.41, 5.74) is 0.277. The van der Waals surface area contributed by atoms with Crippen molar-refractivity contribution in [3.05, 3.63) is 17.8 Å². The summed E-state index contributed by atoms with van der Waals surface area (Å²) in [7, 11) is 1.69. The van der Waals surface area contributed by atoms with Crippen LogP contribution in [-0.4, -0.2) is 72.0 Å². The van der Waals surface area contributed by atoms with Crippen molar-refractivity contribution in [3.63, 3.8) is 0 Å². The first-order valence-electron chi connectivity index (χ1n) is 10.3. The first kappa shape index (κ1) is 20.8. The minimum absolute atomic E-state index is 0.0166. The van der Waals surface area contributed by atoms with Crippen molar-refractivity contribution < 1.29 is 23.1 Å². The molecule has 2 aliphatic heterocycles. The van der Waals surface area contributed by atoms with Crippen LogP contribution >= 0.6 is 0 Å².